The van der Waals surface area contributed by atoms with Crippen LogP contribution >= 0.6 is 0 Å². The lowest BCUT2D eigenvalue weighted by atomic mass is 10.1. The lowest BCUT2D eigenvalue weighted by molar-refractivity contribution is 0.0766. The van der Waals surface area contributed by atoms with Crippen molar-refractivity contribution in [3.63, 3.8) is 0 Å². The fourth-order valence-electron chi connectivity index (χ4n) is 4.51. The highest BCUT2D eigenvalue weighted by molar-refractivity contribution is 5.94. The van der Waals surface area contributed by atoms with Crippen LogP contribution in [-0.2, 0) is 0 Å². The first-order valence-electron chi connectivity index (χ1n) is 11.0. The van der Waals surface area contributed by atoms with Gasteiger partial charge in [-0.1, -0.05) is 18.2 Å². The van der Waals surface area contributed by atoms with Crippen molar-refractivity contribution >= 4 is 22.9 Å². The lowest BCUT2D eigenvalue weighted by Gasteiger charge is -2.22. The highest BCUT2D eigenvalue weighted by atomic mass is 16.5. The van der Waals surface area contributed by atoms with Gasteiger partial charge in [0.2, 0.25) is 5.95 Å². The summed E-state index contributed by atoms with van der Waals surface area (Å²) in [5.74, 6) is 1.78. The van der Waals surface area contributed by atoms with Gasteiger partial charge in [0, 0.05) is 31.7 Å². The third kappa shape index (κ3) is 3.99. The highest BCUT2D eigenvalue weighted by Gasteiger charge is 2.23. The largest absolute Gasteiger partial charge is 0.490 e. The van der Waals surface area contributed by atoms with Crippen molar-refractivity contribution in [1.82, 2.24) is 14.9 Å². The Balaban J connectivity index is 1.25. The number of benzene rings is 2. The van der Waals surface area contributed by atoms with Crippen LogP contribution in [-0.4, -0.2) is 53.1 Å². The zero-order valence-corrected chi connectivity index (χ0v) is 17.2. The Morgan fingerprint density at radius 1 is 0.967 bits per heavy atom. The lowest BCUT2D eigenvalue weighted by Crippen LogP contribution is -2.35. The maximum absolute atomic E-state index is 13.2. The maximum Gasteiger partial charge on any atom is 0.254 e. The van der Waals surface area contributed by atoms with Crippen molar-refractivity contribution in [1.29, 1.82) is 0 Å². The Morgan fingerprint density at radius 3 is 2.70 bits per heavy atom. The van der Waals surface area contributed by atoms with Crippen LogP contribution in [0.4, 0.5) is 5.95 Å². The number of amides is 1. The zero-order valence-electron chi connectivity index (χ0n) is 17.2. The SMILES string of the molecule is O=C(c1cccc(OC2CCCC2)c1)N1CCCN(c2nc3ccccc3[nH]2)CC1. The molecular weight excluding hydrogens is 376 g/mol. The second-order valence-electron chi connectivity index (χ2n) is 8.26. The Morgan fingerprint density at radius 2 is 1.83 bits per heavy atom. The van der Waals surface area contributed by atoms with Crippen molar-refractivity contribution in [2.24, 2.45) is 0 Å². The average Bonchev–Trinajstić information content (AvgIpc) is 3.37. The number of nitrogens with one attached hydrogen (secondary N) is 1. The smallest absolute Gasteiger partial charge is 0.254 e. The minimum absolute atomic E-state index is 0.0818. The Hall–Kier alpha value is -3.02. The van der Waals surface area contributed by atoms with Gasteiger partial charge in [0.25, 0.3) is 5.91 Å². The molecule has 1 saturated carbocycles. The second kappa shape index (κ2) is 8.38. The first-order chi connectivity index (χ1) is 14.8. The number of carbonyl (C=O) groups excluding carboxylic acids is 1. The molecule has 1 aromatic heterocycles. The van der Waals surface area contributed by atoms with E-state index in [0.717, 1.165) is 61.6 Å². The molecule has 2 fully saturated rings. The molecule has 3 aromatic rings. The van der Waals surface area contributed by atoms with E-state index >= 15 is 0 Å². The minimum atomic E-state index is 0.0818. The van der Waals surface area contributed by atoms with Gasteiger partial charge in [0.15, 0.2) is 0 Å². The summed E-state index contributed by atoms with van der Waals surface area (Å²) in [7, 11) is 0. The quantitative estimate of drug-likeness (QED) is 0.707. The van der Waals surface area contributed by atoms with Crippen LogP contribution < -0.4 is 9.64 Å². The van der Waals surface area contributed by atoms with Crippen LogP contribution in [0.5, 0.6) is 5.75 Å². The van der Waals surface area contributed by atoms with Gasteiger partial charge < -0.3 is 19.5 Å². The van der Waals surface area contributed by atoms with Crippen molar-refractivity contribution < 1.29 is 9.53 Å². The van der Waals surface area contributed by atoms with Gasteiger partial charge in [-0.3, -0.25) is 4.79 Å². The predicted molar refractivity (Wildman–Crippen MR) is 118 cm³/mol. The van der Waals surface area contributed by atoms with E-state index in [0.29, 0.717) is 18.2 Å². The molecule has 6 heteroatoms. The van der Waals surface area contributed by atoms with E-state index in [1.807, 2.05) is 53.4 Å². The van der Waals surface area contributed by atoms with E-state index in [2.05, 4.69) is 9.88 Å². The Kier molecular flexibility index (Phi) is 5.30. The van der Waals surface area contributed by atoms with Crippen molar-refractivity contribution in [3.8, 4) is 5.75 Å². The average molecular weight is 405 g/mol. The molecule has 0 radical (unpaired) electrons. The molecule has 1 aliphatic carbocycles. The van der Waals surface area contributed by atoms with E-state index in [-0.39, 0.29) is 5.91 Å². The number of H-pyrrole nitrogens is 1. The van der Waals surface area contributed by atoms with Crippen LogP contribution in [0.2, 0.25) is 0 Å². The number of fused-ring (bicyclic) bond motifs is 1. The van der Waals surface area contributed by atoms with Gasteiger partial charge in [-0.25, -0.2) is 4.98 Å². The molecule has 6 nitrogen and oxygen atoms in total. The van der Waals surface area contributed by atoms with E-state index in [1.165, 1.54) is 12.8 Å². The summed E-state index contributed by atoms with van der Waals surface area (Å²) in [6.07, 6.45) is 5.91. The standard InChI is InChI=1S/C24H28N4O2/c29-23(18-7-5-10-20(17-18)30-19-8-1-2-9-19)27-13-6-14-28(16-15-27)24-25-21-11-3-4-12-22(21)26-24/h3-5,7,10-12,17,19H,1-2,6,8-9,13-16H2,(H,25,26). The summed E-state index contributed by atoms with van der Waals surface area (Å²) in [5, 5.41) is 0. The van der Waals surface area contributed by atoms with E-state index in [4.69, 9.17) is 9.72 Å². The minimum Gasteiger partial charge on any atom is -0.490 e. The Bertz CT molecular complexity index is 992. The molecule has 2 aromatic carbocycles. The summed E-state index contributed by atoms with van der Waals surface area (Å²) in [6, 6.07) is 15.8. The summed E-state index contributed by atoms with van der Waals surface area (Å²) < 4.78 is 6.09. The third-order valence-corrected chi connectivity index (χ3v) is 6.15. The van der Waals surface area contributed by atoms with Gasteiger partial charge in [-0.05, 0) is 62.4 Å². The van der Waals surface area contributed by atoms with E-state index in [9.17, 15) is 4.79 Å². The second-order valence-corrected chi connectivity index (χ2v) is 8.26. The normalized spacial score (nSPS) is 18.0. The molecule has 156 valence electrons. The molecule has 1 N–H and O–H groups in total. The number of imidazole rings is 1. The summed E-state index contributed by atoms with van der Waals surface area (Å²) in [5.41, 5.74) is 2.73. The number of para-hydroxylation sites is 2. The molecule has 1 aliphatic heterocycles. The molecule has 2 heterocycles. The number of carbonyl (C=O) groups is 1. The maximum atomic E-state index is 13.2. The van der Waals surface area contributed by atoms with Gasteiger partial charge in [-0.2, -0.15) is 0 Å². The predicted octanol–water partition coefficient (Wildman–Crippen LogP) is 4.24. The molecule has 5 rings (SSSR count). The number of hydrogen-bond donors (Lipinski definition) is 1. The van der Waals surface area contributed by atoms with Crippen molar-refractivity contribution in [2.75, 3.05) is 31.1 Å². The number of aromatic nitrogens is 2. The first kappa shape index (κ1) is 19.0. The number of anilines is 1. The van der Waals surface area contributed by atoms with Crippen LogP contribution in [0, 0.1) is 0 Å². The molecule has 1 saturated heterocycles. The molecule has 0 spiro atoms. The number of nitrogens with zero attached hydrogens (tertiary/aromatic N) is 3. The van der Waals surface area contributed by atoms with Crippen LogP contribution in [0.1, 0.15) is 42.5 Å². The molecule has 30 heavy (non-hydrogen) atoms. The molecule has 0 atom stereocenters. The monoisotopic (exact) mass is 404 g/mol. The number of rotatable bonds is 4. The first-order valence-corrected chi connectivity index (χ1v) is 11.0. The highest BCUT2D eigenvalue weighted by Crippen LogP contribution is 2.25. The van der Waals surface area contributed by atoms with Crippen molar-refractivity contribution in [3.05, 3.63) is 54.1 Å². The van der Waals surface area contributed by atoms with Crippen LogP contribution in [0.3, 0.4) is 0 Å². The van der Waals surface area contributed by atoms with E-state index < -0.39 is 0 Å². The zero-order chi connectivity index (χ0) is 20.3. The number of ether oxygens (including phenoxy) is 1. The molecule has 0 bridgehead atoms. The van der Waals surface area contributed by atoms with Gasteiger partial charge in [0.1, 0.15) is 5.75 Å². The van der Waals surface area contributed by atoms with Crippen LogP contribution in [0.25, 0.3) is 11.0 Å². The number of hydrogen-bond acceptors (Lipinski definition) is 4. The van der Waals surface area contributed by atoms with Crippen molar-refractivity contribution in [2.45, 2.75) is 38.2 Å². The fourth-order valence-corrected chi connectivity index (χ4v) is 4.51. The van der Waals surface area contributed by atoms with Gasteiger partial charge in [0.05, 0.1) is 17.1 Å². The summed E-state index contributed by atoms with van der Waals surface area (Å²) >= 11 is 0. The van der Waals surface area contributed by atoms with Gasteiger partial charge >= 0.3 is 0 Å². The fraction of sp³-hybridized carbons (Fsp3) is 0.417. The Labute approximate surface area is 176 Å². The third-order valence-electron chi connectivity index (χ3n) is 6.15. The number of aromatic amines is 1. The topological polar surface area (TPSA) is 61.5 Å². The van der Waals surface area contributed by atoms with E-state index in [1.54, 1.807) is 0 Å². The molecule has 1 amide bonds. The van der Waals surface area contributed by atoms with Gasteiger partial charge in [-0.15, -0.1) is 0 Å². The molecule has 2 aliphatic rings. The molecular formula is C24H28N4O2. The summed E-state index contributed by atoms with van der Waals surface area (Å²) in [6.45, 7) is 3.09. The van der Waals surface area contributed by atoms with Crippen LogP contribution in [0.15, 0.2) is 48.5 Å². The molecule has 0 unspecified atom stereocenters. The summed E-state index contributed by atoms with van der Waals surface area (Å²) in [4.78, 5) is 25.5.